The fourth-order valence-electron chi connectivity index (χ4n) is 1.98. The molecule has 4 heteroatoms. The minimum absolute atomic E-state index is 0.156. The highest BCUT2D eigenvalue weighted by Crippen LogP contribution is 2.20. The van der Waals surface area contributed by atoms with Crippen LogP contribution < -0.4 is 5.73 Å². The van der Waals surface area contributed by atoms with Crippen LogP contribution in [0, 0.1) is 0 Å². The third kappa shape index (κ3) is 4.83. The van der Waals surface area contributed by atoms with Crippen LogP contribution >= 0.6 is 11.8 Å². The Hall–Kier alpha value is -1.94. The second-order valence-electron chi connectivity index (χ2n) is 4.75. The van der Waals surface area contributed by atoms with E-state index < -0.39 is 0 Å². The molecule has 0 aliphatic heterocycles. The zero-order valence-electron chi connectivity index (χ0n) is 12.2. The van der Waals surface area contributed by atoms with Crippen LogP contribution in [0.1, 0.15) is 12.5 Å². The van der Waals surface area contributed by atoms with Crippen LogP contribution in [-0.4, -0.2) is 23.1 Å². The van der Waals surface area contributed by atoms with Crippen molar-refractivity contribution < 1.29 is 4.79 Å². The Labute approximate surface area is 130 Å². The van der Waals surface area contributed by atoms with Crippen LogP contribution in [0.2, 0.25) is 0 Å². The Balaban J connectivity index is 1.89. The third-order valence-electron chi connectivity index (χ3n) is 3.19. The van der Waals surface area contributed by atoms with Crippen LogP contribution in [0.4, 0.5) is 5.69 Å². The van der Waals surface area contributed by atoms with Gasteiger partial charge in [0.1, 0.15) is 0 Å². The summed E-state index contributed by atoms with van der Waals surface area (Å²) >= 11 is 1.54. The van der Waals surface area contributed by atoms with Crippen molar-refractivity contribution >= 4 is 23.4 Å². The Bertz CT molecular complexity index is 569. The van der Waals surface area contributed by atoms with Gasteiger partial charge in [0, 0.05) is 23.7 Å². The summed E-state index contributed by atoms with van der Waals surface area (Å²) in [5.41, 5.74) is 7.55. The fourth-order valence-corrected chi connectivity index (χ4v) is 2.78. The maximum absolute atomic E-state index is 12.3. The number of carbonyl (C=O) groups is 1. The van der Waals surface area contributed by atoms with Gasteiger partial charge in [0.05, 0.1) is 5.75 Å². The number of hydrogen-bond acceptors (Lipinski definition) is 3. The van der Waals surface area contributed by atoms with E-state index in [-0.39, 0.29) is 5.91 Å². The predicted octanol–water partition coefficient (Wildman–Crippen LogP) is 3.41. The lowest BCUT2D eigenvalue weighted by Gasteiger charge is -2.20. The minimum Gasteiger partial charge on any atom is -0.399 e. The fraction of sp³-hybridized carbons (Fsp3) is 0.235. The van der Waals surface area contributed by atoms with Gasteiger partial charge >= 0.3 is 0 Å². The topological polar surface area (TPSA) is 46.3 Å². The summed E-state index contributed by atoms with van der Waals surface area (Å²) < 4.78 is 0. The van der Waals surface area contributed by atoms with E-state index in [1.54, 1.807) is 11.8 Å². The van der Waals surface area contributed by atoms with Gasteiger partial charge in [-0.05, 0) is 36.8 Å². The van der Waals surface area contributed by atoms with Crippen molar-refractivity contribution in [2.45, 2.75) is 18.4 Å². The first-order valence-electron chi connectivity index (χ1n) is 6.99. The van der Waals surface area contributed by atoms with E-state index in [1.807, 2.05) is 66.4 Å². The first kappa shape index (κ1) is 15.4. The van der Waals surface area contributed by atoms with Gasteiger partial charge in [-0.15, -0.1) is 11.8 Å². The van der Waals surface area contributed by atoms with E-state index >= 15 is 0 Å². The molecule has 0 aliphatic rings. The van der Waals surface area contributed by atoms with E-state index in [4.69, 9.17) is 5.73 Å². The number of thioether (sulfide) groups is 1. The molecule has 0 bridgehead atoms. The van der Waals surface area contributed by atoms with E-state index in [1.165, 1.54) is 0 Å². The molecule has 0 spiro atoms. The largest absolute Gasteiger partial charge is 0.399 e. The number of anilines is 1. The molecule has 2 N–H and O–H groups in total. The molecule has 0 saturated heterocycles. The maximum atomic E-state index is 12.3. The van der Waals surface area contributed by atoms with E-state index in [0.717, 1.165) is 22.7 Å². The lowest BCUT2D eigenvalue weighted by molar-refractivity contribution is -0.128. The molecular formula is C17H20N2OS. The van der Waals surface area contributed by atoms with Crippen molar-refractivity contribution in [1.29, 1.82) is 0 Å². The predicted molar refractivity (Wildman–Crippen MR) is 89.1 cm³/mol. The summed E-state index contributed by atoms with van der Waals surface area (Å²) in [4.78, 5) is 15.2. The molecule has 0 heterocycles. The monoisotopic (exact) mass is 300 g/mol. The van der Waals surface area contributed by atoms with E-state index in [0.29, 0.717) is 12.3 Å². The summed E-state index contributed by atoms with van der Waals surface area (Å²) in [6, 6.07) is 17.7. The number of rotatable bonds is 6. The first-order chi connectivity index (χ1) is 10.2. The van der Waals surface area contributed by atoms with Crippen LogP contribution in [0.5, 0.6) is 0 Å². The second-order valence-corrected chi connectivity index (χ2v) is 5.80. The molecule has 0 radical (unpaired) electrons. The van der Waals surface area contributed by atoms with Crippen molar-refractivity contribution in [3.05, 3.63) is 60.2 Å². The molecule has 0 fully saturated rings. The average Bonchev–Trinajstić information content (AvgIpc) is 2.52. The van der Waals surface area contributed by atoms with Crippen molar-refractivity contribution in [3.63, 3.8) is 0 Å². The Morgan fingerprint density at radius 1 is 1.10 bits per heavy atom. The zero-order chi connectivity index (χ0) is 15.1. The second kappa shape index (κ2) is 7.74. The van der Waals surface area contributed by atoms with Crippen LogP contribution in [0.3, 0.4) is 0 Å². The molecule has 0 atom stereocenters. The SMILES string of the molecule is CCN(Cc1ccccc1)C(=O)CSc1ccc(N)cc1. The standard InChI is InChI=1S/C17H20N2OS/c1-2-19(12-14-6-4-3-5-7-14)17(20)13-21-16-10-8-15(18)9-11-16/h3-11H,2,12-13,18H2,1H3. The first-order valence-corrected chi connectivity index (χ1v) is 7.97. The van der Waals surface area contributed by atoms with Crippen LogP contribution in [-0.2, 0) is 11.3 Å². The molecule has 0 unspecified atom stereocenters. The van der Waals surface area contributed by atoms with Gasteiger partial charge in [0.2, 0.25) is 5.91 Å². The van der Waals surface area contributed by atoms with Gasteiger partial charge in [0.15, 0.2) is 0 Å². The molecule has 1 amide bonds. The van der Waals surface area contributed by atoms with Crippen molar-refractivity contribution in [2.24, 2.45) is 0 Å². The van der Waals surface area contributed by atoms with E-state index in [9.17, 15) is 4.79 Å². The summed E-state index contributed by atoms with van der Waals surface area (Å²) in [5.74, 6) is 0.605. The van der Waals surface area contributed by atoms with Gasteiger partial charge in [-0.3, -0.25) is 4.79 Å². The number of nitrogens with two attached hydrogens (primary N) is 1. The van der Waals surface area contributed by atoms with Crippen LogP contribution in [0.15, 0.2) is 59.5 Å². The molecule has 3 nitrogen and oxygen atoms in total. The molecule has 0 saturated carbocycles. The molecule has 0 aliphatic carbocycles. The number of hydrogen-bond donors (Lipinski definition) is 1. The highest BCUT2D eigenvalue weighted by atomic mass is 32.2. The summed E-state index contributed by atoms with van der Waals surface area (Å²) in [6.07, 6.45) is 0. The van der Waals surface area contributed by atoms with Gasteiger partial charge in [-0.25, -0.2) is 0 Å². The smallest absolute Gasteiger partial charge is 0.233 e. The van der Waals surface area contributed by atoms with Crippen molar-refractivity contribution in [1.82, 2.24) is 4.90 Å². The molecule has 0 aromatic heterocycles. The minimum atomic E-state index is 0.156. The Kier molecular flexibility index (Phi) is 5.69. The molecule has 110 valence electrons. The number of nitrogen functional groups attached to an aromatic ring is 1. The number of carbonyl (C=O) groups excluding carboxylic acids is 1. The molecule has 2 aromatic rings. The van der Waals surface area contributed by atoms with Crippen molar-refractivity contribution in [3.8, 4) is 0 Å². The zero-order valence-corrected chi connectivity index (χ0v) is 13.0. The molecule has 2 aromatic carbocycles. The van der Waals surface area contributed by atoms with Gasteiger partial charge in [0.25, 0.3) is 0 Å². The molecular weight excluding hydrogens is 280 g/mol. The summed E-state index contributed by atoms with van der Waals surface area (Å²) in [7, 11) is 0. The third-order valence-corrected chi connectivity index (χ3v) is 4.19. The molecule has 21 heavy (non-hydrogen) atoms. The van der Waals surface area contributed by atoms with Crippen molar-refractivity contribution in [2.75, 3.05) is 18.0 Å². The normalized spacial score (nSPS) is 10.3. The molecule has 2 rings (SSSR count). The quantitative estimate of drug-likeness (QED) is 0.657. The number of nitrogens with zero attached hydrogens (tertiary/aromatic N) is 1. The van der Waals surface area contributed by atoms with Gasteiger partial charge in [-0.2, -0.15) is 0 Å². The van der Waals surface area contributed by atoms with Gasteiger partial charge < -0.3 is 10.6 Å². The lowest BCUT2D eigenvalue weighted by atomic mass is 10.2. The highest BCUT2D eigenvalue weighted by Gasteiger charge is 2.12. The van der Waals surface area contributed by atoms with Crippen LogP contribution in [0.25, 0.3) is 0 Å². The Morgan fingerprint density at radius 2 is 1.76 bits per heavy atom. The Morgan fingerprint density at radius 3 is 2.38 bits per heavy atom. The number of amides is 1. The lowest BCUT2D eigenvalue weighted by Crippen LogP contribution is -2.31. The number of benzene rings is 2. The van der Waals surface area contributed by atoms with Gasteiger partial charge in [-0.1, -0.05) is 30.3 Å². The summed E-state index contributed by atoms with van der Waals surface area (Å²) in [6.45, 7) is 3.39. The van der Waals surface area contributed by atoms with E-state index in [2.05, 4.69) is 0 Å². The maximum Gasteiger partial charge on any atom is 0.233 e. The summed E-state index contributed by atoms with van der Waals surface area (Å²) in [5, 5.41) is 0. The average molecular weight is 300 g/mol. The highest BCUT2D eigenvalue weighted by molar-refractivity contribution is 8.00.